The molecule has 1 aliphatic rings. The summed E-state index contributed by atoms with van der Waals surface area (Å²) in [6.07, 6.45) is -0.663. The number of rotatable bonds is 5. The van der Waals surface area contributed by atoms with E-state index < -0.39 is 18.1 Å². The lowest BCUT2D eigenvalue weighted by atomic mass is 10.0. The summed E-state index contributed by atoms with van der Waals surface area (Å²) in [5.74, 6) is -3.21. The average molecular weight is 648 g/mol. The van der Waals surface area contributed by atoms with Gasteiger partial charge in [0.1, 0.15) is 12.2 Å². The Morgan fingerprint density at radius 1 is 1.02 bits per heavy atom. The number of nitrogens with one attached hydrogen (secondary N) is 1. The highest BCUT2D eigenvalue weighted by Crippen LogP contribution is 2.35. The van der Waals surface area contributed by atoms with Crippen molar-refractivity contribution in [1.29, 1.82) is 0 Å². The number of fused-ring (bicyclic) bond motifs is 1. The highest BCUT2D eigenvalue weighted by Gasteiger charge is 2.38. The lowest BCUT2D eigenvalue weighted by Gasteiger charge is -2.15. The van der Waals surface area contributed by atoms with E-state index in [0.29, 0.717) is 51.2 Å². The van der Waals surface area contributed by atoms with Gasteiger partial charge in [0, 0.05) is 32.9 Å². The fraction of sp³-hybridized carbons (Fsp3) is 0.148. The predicted molar refractivity (Wildman–Crippen MR) is 150 cm³/mol. The zero-order valence-electron chi connectivity index (χ0n) is 22.0. The molecule has 0 radical (unpaired) electrons. The van der Waals surface area contributed by atoms with Crippen LogP contribution in [0.4, 0.5) is 13.2 Å². The fourth-order valence-corrected chi connectivity index (χ4v) is 5.12. The quantitative estimate of drug-likeness (QED) is 0.236. The molecule has 6 rings (SSSR count). The smallest absolute Gasteiger partial charge is 0.478 e. The Kier molecular flexibility index (Phi) is 8.25. The number of aromatic nitrogens is 7. The molecule has 44 heavy (non-hydrogen) atoms. The van der Waals surface area contributed by atoms with Crippen molar-refractivity contribution in [3.05, 3.63) is 98.5 Å². The van der Waals surface area contributed by atoms with E-state index in [0.717, 1.165) is 11.3 Å². The van der Waals surface area contributed by atoms with E-state index in [9.17, 15) is 27.9 Å². The van der Waals surface area contributed by atoms with Gasteiger partial charge in [-0.05, 0) is 71.3 Å². The molecule has 0 unspecified atom stereocenters. The molecule has 0 bridgehead atoms. The molecule has 0 saturated carbocycles. The molecule has 0 spiro atoms. The lowest BCUT2D eigenvalue weighted by Crippen LogP contribution is -2.23. The number of H-pyrrole nitrogens is 1. The molecule has 12 nitrogen and oxygen atoms in total. The van der Waals surface area contributed by atoms with E-state index >= 15 is 0 Å². The van der Waals surface area contributed by atoms with Crippen LogP contribution in [0, 0.1) is 0 Å². The van der Waals surface area contributed by atoms with E-state index in [1.807, 2.05) is 6.07 Å². The number of carboxylic acids is 2. The van der Waals surface area contributed by atoms with Crippen LogP contribution in [0.25, 0.3) is 28.1 Å². The number of alkyl halides is 3. The van der Waals surface area contributed by atoms with Crippen molar-refractivity contribution >= 4 is 35.1 Å². The molecule has 0 fully saturated rings. The van der Waals surface area contributed by atoms with E-state index in [-0.39, 0.29) is 17.2 Å². The number of aliphatic carboxylic acids is 1. The maximum Gasteiger partial charge on any atom is 0.490 e. The second kappa shape index (κ2) is 11.9. The molecule has 226 valence electrons. The number of hydrogen-bond donors (Lipinski definition) is 3. The summed E-state index contributed by atoms with van der Waals surface area (Å²) in [5.41, 5.74) is 4.04. The zero-order chi connectivity index (χ0) is 31.8. The van der Waals surface area contributed by atoms with Crippen LogP contribution in [0.15, 0.2) is 65.8 Å². The third kappa shape index (κ3) is 6.18. The number of pyridine rings is 1. The first-order valence-corrected chi connectivity index (χ1v) is 13.3. The molecule has 1 aliphatic heterocycles. The predicted octanol–water partition coefficient (Wildman–Crippen LogP) is 5.06. The van der Waals surface area contributed by atoms with Gasteiger partial charge in [-0.1, -0.05) is 23.2 Å². The number of carbonyl (C=O) groups is 2. The number of benzene rings is 2. The van der Waals surface area contributed by atoms with Crippen LogP contribution in [0.1, 0.15) is 34.3 Å². The lowest BCUT2D eigenvalue weighted by molar-refractivity contribution is -0.192. The number of aromatic carboxylic acids is 1. The minimum Gasteiger partial charge on any atom is -0.478 e. The first-order valence-electron chi connectivity index (χ1n) is 12.5. The van der Waals surface area contributed by atoms with Crippen LogP contribution in [-0.2, 0) is 11.2 Å². The summed E-state index contributed by atoms with van der Waals surface area (Å²) in [5, 5.41) is 28.8. The first kappa shape index (κ1) is 30.4. The normalized spacial score (nSPS) is 14.1. The van der Waals surface area contributed by atoms with Crippen molar-refractivity contribution in [2.75, 3.05) is 0 Å². The molecule has 17 heteroatoms. The molecule has 1 atom stereocenters. The Morgan fingerprint density at radius 3 is 2.43 bits per heavy atom. The number of imidazole rings is 1. The standard InChI is InChI=1S/C25H17Cl2N7O3.C2HF3O2/c26-15-2-5-21(33-12-29-31-32-33)17(10-15)14-7-16-3-6-22(34(16)23(35)9-14)24-28-11-20(30-24)18-8-13(25(36)37)1-4-19(18)27;3-2(4,5)1(6)7/h1-2,4-5,7-12,22H,3,6H2,(H,28,30)(H,36,37);(H,6,7)/t22-;/m0./s1. The van der Waals surface area contributed by atoms with Gasteiger partial charge in [-0.25, -0.2) is 14.6 Å². The number of halogens is 5. The van der Waals surface area contributed by atoms with Crippen molar-refractivity contribution in [2.45, 2.75) is 25.1 Å². The van der Waals surface area contributed by atoms with Crippen LogP contribution in [0.5, 0.6) is 0 Å². The van der Waals surface area contributed by atoms with Crippen LogP contribution in [-0.4, -0.2) is 63.1 Å². The summed E-state index contributed by atoms with van der Waals surface area (Å²) >= 11 is 12.6. The molecule has 3 aromatic heterocycles. The van der Waals surface area contributed by atoms with Gasteiger partial charge >= 0.3 is 18.1 Å². The highest BCUT2D eigenvalue weighted by atomic mass is 35.5. The van der Waals surface area contributed by atoms with Gasteiger partial charge in [-0.15, -0.1) is 5.10 Å². The summed E-state index contributed by atoms with van der Waals surface area (Å²) in [4.78, 5) is 41.4. The third-order valence-corrected chi connectivity index (χ3v) is 7.22. The van der Waals surface area contributed by atoms with Gasteiger partial charge < -0.3 is 19.8 Å². The molecule has 3 N–H and O–H groups in total. The fourth-order valence-electron chi connectivity index (χ4n) is 4.73. The Bertz CT molecular complexity index is 1940. The Labute approximate surface area is 254 Å². The average Bonchev–Trinajstić information content (AvgIpc) is 3.74. The van der Waals surface area contributed by atoms with Crippen LogP contribution < -0.4 is 5.56 Å². The number of aryl methyl sites for hydroxylation is 1. The largest absolute Gasteiger partial charge is 0.490 e. The first-order chi connectivity index (χ1) is 20.8. The van der Waals surface area contributed by atoms with Crippen molar-refractivity contribution in [2.24, 2.45) is 0 Å². The van der Waals surface area contributed by atoms with Gasteiger partial charge in [-0.2, -0.15) is 17.9 Å². The number of tetrazole rings is 1. The van der Waals surface area contributed by atoms with Gasteiger partial charge in [0.25, 0.3) is 5.56 Å². The monoisotopic (exact) mass is 647 g/mol. The second-order valence-electron chi connectivity index (χ2n) is 9.40. The number of hydrogen-bond acceptors (Lipinski definition) is 7. The van der Waals surface area contributed by atoms with E-state index in [1.165, 1.54) is 29.2 Å². The summed E-state index contributed by atoms with van der Waals surface area (Å²) in [6.45, 7) is 0. The van der Waals surface area contributed by atoms with Crippen molar-refractivity contribution in [1.82, 2.24) is 34.7 Å². The van der Waals surface area contributed by atoms with Gasteiger partial charge in [-0.3, -0.25) is 4.79 Å². The van der Waals surface area contributed by atoms with E-state index in [2.05, 4.69) is 25.5 Å². The van der Waals surface area contributed by atoms with E-state index in [4.69, 9.17) is 33.1 Å². The maximum absolute atomic E-state index is 13.4. The summed E-state index contributed by atoms with van der Waals surface area (Å²) < 4.78 is 35.0. The molecular weight excluding hydrogens is 630 g/mol. The van der Waals surface area contributed by atoms with Gasteiger partial charge in [0.15, 0.2) is 0 Å². The SMILES string of the molecule is O=C(O)C(F)(F)F.O=C(O)c1ccc(Cl)c(-c2cnc([C@@H]3CCc4cc(-c5cc(Cl)ccc5-n5cnnn5)cc(=O)n43)[nH]2)c1. The zero-order valence-corrected chi connectivity index (χ0v) is 23.5. The number of nitrogens with zero attached hydrogens (tertiary/aromatic N) is 6. The molecule has 4 heterocycles. The summed E-state index contributed by atoms with van der Waals surface area (Å²) in [6, 6.07) is 13.0. The number of aromatic amines is 1. The van der Waals surface area contributed by atoms with Crippen LogP contribution >= 0.6 is 23.2 Å². The molecule has 0 amide bonds. The van der Waals surface area contributed by atoms with Crippen molar-refractivity contribution in [3.8, 4) is 28.1 Å². The van der Waals surface area contributed by atoms with Gasteiger partial charge in [0.2, 0.25) is 0 Å². The minimum absolute atomic E-state index is 0.118. The Morgan fingerprint density at radius 2 is 1.77 bits per heavy atom. The molecule has 5 aromatic rings. The Hall–Kier alpha value is -5.02. The molecular formula is C27H18Cl2F3N7O5. The van der Waals surface area contributed by atoms with Crippen molar-refractivity contribution < 1.29 is 33.0 Å². The van der Waals surface area contributed by atoms with E-state index in [1.54, 1.807) is 35.0 Å². The topological polar surface area (TPSA) is 169 Å². The second-order valence-corrected chi connectivity index (χ2v) is 10.2. The number of carboxylic acid groups (broad SMARTS) is 2. The molecule has 0 aliphatic carbocycles. The summed E-state index contributed by atoms with van der Waals surface area (Å²) in [7, 11) is 0. The van der Waals surface area contributed by atoms with Crippen LogP contribution in [0.2, 0.25) is 10.0 Å². The van der Waals surface area contributed by atoms with Gasteiger partial charge in [0.05, 0.1) is 29.2 Å². The minimum atomic E-state index is -5.08. The van der Waals surface area contributed by atoms with Crippen LogP contribution in [0.3, 0.4) is 0 Å². The third-order valence-electron chi connectivity index (χ3n) is 6.66. The molecule has 2 aromatic carbocycles. The highest BCUT2D eigenvalue weighted by molar-refractivity contribution is 6.33. The maximum atomic E-state index is 13.4. The van der Waals surface area contributed by atoms with Crippen molar-refractivity contribution in [3.63, 3.8) is 0 Å². The molecule has 0 saturated heterocycles. The Balaban J connectivity index is 0.000000493.